The lowest BCUT2D eigenvalue weighted by molar-refractivity contribution is -0.155. The number of hydrogen-bond acceptors (Lipinski definition) is 4. The van der Waals surface area contributed by atoms with Gasteiger partial charge in [0, 0.05) is 12.3 Å². The number of hydrogen-bond donors (Lipinski definition) is 1. The van der Waals surface area contributed by atoms with E-state index in [9.17, 15) is 9.59 Å². The van der Waals surface area contributed by atoms with Gasteiger partial charge in [-0.2, -0.15) is 0 Å². The van der Waals surface area contributed by atoms with E-state index in [1.807, 2.05) is 13.8 Å². The Kier molecular flexibility index (Phi) is 3.36. The summed E-state index contributed by atoms with van der Waals surface area (Å²) in [6, 6.07) is -0.569. The van der Waals surface area contributed by atoms with Crippen LogP contribution < -0.4 is 0 Å². The number of carbonyl (C=O) groups excluding carboxylic acids is 2. The predicted octanol–water partition coefficient (Wildman–Crippen LogP) is 0.492. The Labute approximate surface area is 105 Å². The topological polar surface area (TPSA) is 75.3 Å². The van der Waals surface area contributed by atoms with Gasteiger partial charge in [0.05, 0.1) is 31.4 Å². The molecule has 1 aliphatic rings. The molecule has 2 heterocycles. The number of nitrogens with zero attached hydrogens (tertiary/aromatic N) is 2. The highest BCUT2D eigenvalue weighted by Gasteiger charge is 2.37. The van der Waals surface area contributed by atoms with Crippen molar-refractivity contribution < 1.29 is 14.3 Å². The first-order valence-corrected chi connectivity index (χ1v) is 5.94. The largest absolute Gasteiger partial charge is 0.467 e. The lowest BCUT2D eigenvalue weighted by atomic mass is 10.0. The second kappa shape index (κ2) is 4.80. The molecule has 1 amide bonds. The molecule has 18 heavy (non-hydrogen) atoms. The van der Waals surface area contributed by atoms with Crippen LogP contribution in [0.5, 0.6) is 0 Å². The van der Waals surface area contributed by atoms with Gasteiger partial charge in [-0.25, -0.2) is 9.78 Å². The van der Waals surface area contributed by atoms with Gasteiger partial charge in [-0.05, 0) is 0 Å². The fourth-order valence-corrected chi connectivity index (χ4v) is 2.15. The van der Waals surface area contributed by atoms with Gasteiger partial charge in [-0.3, -0.25) is 4.79 Å². The second-order valence-electron chi connectivity index (χ2n) is 4.69. The predicted molar refractivity (Wildman–Crippen MR) is 63.5 cm³/mol. The third kappa shape index (κ3) is 2.10. The Morgan fingerprint density at radius 1 is 1.56 bits per heavy atom. The van der Waals surface area contributed by atoms with Crippen LogP contribution in [0.25, 0.3) is 0 Å². The van der Waals surface area contributed by atoms with E-state index in [0.717, 1.165) is 11.4 Å². The minimum absolute atomic E-state index is 0.0503. The number of carbonyl (C=O) groups is 2. The molecule has 0 fully saturated rings. The first kappa shape index (κ1) is 12.6. The average Bonchev–Trinajstić information content (AvgIpc) is 2.82. The van der Waals surface area contributed by atoms with Crippen molar-refractivity contribution in [2.24, 2.45) is 5.92 Å². The van der Waals surface area contributed by atoms with Crippen LogP contribution in [0.4, 0.5) is 0 Å². The molecule has 1 unspecified atom stereocenters. The maximum atomic E-state index is 12.1. The lowest BCUT2D eigenvalue weighted by Crippen LogP contribution is -2.50. The zero-order chi connectivity index (χ0) is 13.3. The number of nitrogens with one attached hydrogen (secondary N) is 1. The smallest absolute Gasteiger partial charge is 0.329 e. The number of fused-ring (bicyclic) bond motifs is 1. The maximum absolute atomic E-state index is 12.1. The molecule has 6 heteroatoms. The molecule has 1 aromatic heterocycles. The van der Waals surface area contributed by atoms with E-state index in [1.165, 1.54) is 7.11 Å². The van der Waals surface area contributed by atoms with Gasteiger partial charge in [0.2, 0.25) is 5.91 Å². The zero-order valence-corrected chi connectivity index (χ0v) is 10.8. The fraction of sp³-hybridized carbons (Fsp3) is 0.583. The third-order valence-corrected chi connectivity index (χ3v) is 3.15. The summed E-state index contributed by atoms with van der Waals surface area (Å²) < 4.78 is 4.77. The molecular weight excluding hydrogens is 234 g/mol. The number of esters is 1. The minimum Gasteiger partial charge on any atom is -0.467 e. The monoisotopic (exact) mass is 251 g/mol. The van der Waals surface area contributed by atoms with Crippen molar-refractivity contribution in [3.63, 3.8) is 0 Å². The molecule has 1 aliphatic heterocycles. The highest BCUT2D eigenvalue weighted by Crippen LogP contribution is 2.23. The molecule has 98 valence electrons. The number of rotatable bonds is 2. The summed E-state index contributed by atoms with van der Waals surface area (Å²) in [5, 5.41) is 0. The summed E-state index contributed by atoms with van der Waals surface area (Å²) in [5.74, 6) is -0.593. The van der Waals surface area contributed by atoms with Crippen LogP contribution in [0.15, 0.2) is 6.33 Å². The molecule has 1 N–H and O–H groups in total. The van der Waals surface area contributed by atoms with Crippen LogP contribution in [0, 0.1) is 5.92 Å². The molecule has 2 rings (SSSR count). The summed E-state index contributed by atoms with van der Waals surface area (Å²) in [6.45, 7) is 4.02. The molecule has 1 atom stereocenters. The number of ether oxygens (including phenoxy) is 1. The zero-order valence-electron chi connectivity index (χ0n) is 10.8. The quantitative estimate of drug-likeness (QED) is 0.776. The van der Waals surface area contributed by atoms with Gasteiger partial charge in [-0.1, -0.05) is 13.8 Å². The summed E-state index contributed by atoms with van der Waals surface area (Å²) in [4.78, 5) is 32.7. The number of amides is 1. The van der Waals surface area contributed by atoms with E-state index in [2.05, 4.69) is 9.97 Å². The van der Waals surface area contributed by atoms with Crippen LogP contribution in [0.3, 0.4) is 0 Å². The van der Waals surface area contributed by atoms with E-state index in [4.69, 9.17) is 4.74 Å². The van der Waals surface area contributed by atoms with Crippen molar-refractivity contribution in [3.8, 4) is 0 Å². The minimum atomic E-state index is -0.569. The van der Waals surface area contributed by atoms with Crippen LogP contribution in [0.1, 0.15) is 25.2 Å². The number of methoxy groups -OCH3 is 1. The average molecular weight is 251 g/mol. The maximum Gasteiger partial charge on any atom is 0.329 e. The standard InChI is InChI=1S/C12H17N3O3/c1-7(2)11(16)15-5-9-8(13-6-14-9)4-10(15)12(17)18-3/h6-7,10H,4-5H2,1-3H3,(H,13,14). The molecule has 0 radical (unpaired) electrons. The summed E-state index contributed by atoms with van der Waals surface area (Å²) >= 11 is 0. The molecule has 0 bridgehead atoms. The van der Waals surface area contributed by atoms with Crippen molar-refractivity contribution in [3.05, 3.63) is 17.7 Å². The van der Waals surface area contributed by atoms with Crippen LogP contribution in [-0.4, -0.2) is 39.9 Å². The van der Waals surface area contributed by atoms with E-state index in [1.54, 1.807) is 11.2 Å². The Morgan fingerprint density at radius 2 is 2.28 bits per heavy atom. The molecule has 6 nitrogen and oxygen atoms in total. The van der Waals surface area contributed by atoms with Crippen molar-refractivity contribution in [1.29, 1.82) is 0 Å². The van der Waals surface area contributed by atoms with Crippen molar-refractivity contribution in [2.75, 3.05) is 7.11 Å². The van der Waals surface area contributed by atoms with E-state index in [-0.39, 0.29) is 11.8 Å². The van der Waals surface area contributed by atoms with E-state index < -0.39 is 12.0 Å². The number of aromatic nitrogens is 2. The fourth-order valence-electron chi connectivity index (χ4n) is 2.15. The third-order valence-electron chi connectivity index (χ3n) is 3.15. The summed E-state index contributed by atoms with van der Waals surface area (Å²) in [6.07, 6.45) is 1.99. The van der Waals surface area contributed by atoms with Gasteiger partial charge in [0.1, 0.15) is 6.04 Å². The van der Waals surface area contributed by atoms with E-state index >= 15 is 0 Å². The van der Waals surface area contributed by atoms with Gasteiger partial charge in [-0.15, -0.1) is 0 Å². The number of aromatic amines is 1. The first-order chi connectivity index (χ1) is 8.54. The lowest BCUT2D eigenvalue weighted by Gasteiger charge is -2.34. The Morgan fingerprint density at radius 3 is 2.89 bits per heavy atom. The second-order valence-corrected chi connectivity index (χ2v) is 4.69. The molecule has 0 aliphatic carbocycles. The SMILES string of the molecule is COC(=O)C1Cc2nc[nH]c2CN1C(=O)C(C)C. The van der Waals surface area contributed by atoms with Crippen LogP contribution in [0.2, 0.25) is 0 Å². The summed E-state index contributed by atoms with van der Waals surface area (Å²) in [5.41, 5.74) is 1.72. The van der Waals surface area contributed by atoms with Crippen molar-refractivity contribution in [1.82, 2.24) is 14.9 Å². The number of imidazole rings is 1. The van der Waals surface area contributed by atoms with Crippen LogP contribution in [-0.2, 0) is 27.3 Å². The normalized spacial score (nSPS) is 18.7. The van der Waals surface area contributed by atoms with Gasteiger partial charge < -0.3 is 14.6 Å². The van der Waals surface area contributed by atoms with Crippen molar-refractivity contribution in [2.45, 2.75) is 32.9 Å². The van der Waals surface area contributed by atoms with Crippen LogP contribution >= 0.6 is 0 Å². The Hall–Kier alpha value is -1.85. The highest BCUT2D eigenvalue weighted by molar-refractivity contribution is 5.86. The molecule has 1 aromatic rings. The van der Waals surface area contributed by atoms with Gasteiger partial charge in [0.15, 0.2) is 0 Å². The Balaban J connectivity index is 2.30. The first-order valence-electron chi connectivity index (χ1n) is 5.94. The van der Waals surface area contributed by atoms with Gasteiger partial charge >= 0.3 is 5.97 Å². The Bertz CT molecular complexity index is 467. The molecule has 0 saturated carbocycles. The number of H-pyrrole nitrogens is 1. The highest BCUT2D eigenvalue weighted by atomic mass is 16.5. The molecule has 0 aromatic carbocycles. The summed E-state index contributed by atoms with van der Waals surface area (Å²) in [7, 11) is 1.33. The molecular formula is C12H17N3O3. The van der Waals surface area contributed by atoms with Gasteiger partial charge in [0.25, 0.3) is 0 Å². The molecule has 0 spiro atoms. The molecule has 0 saturated heterocycles. The van der Waals surface area contributed by atoms with E-state index in [0.29, 0.717) is 13.0 Å². The van der Waals surface area contributed by atoms with Crippen molar-refractivity contribution >= 4 is 11.9 Å².